The van der Waals surface area contributed by atoms with Gasteiger partial charge in [0.25, 0.3) is 0 Å². The van der Waals surface area contributed by atoms with Crippen molar-refractivity contribution < 1.29 is 12.8 Å². The topological polar surface area (TPSA) is 58.2 Å². The molecule has 1 heterocycles. The summed E-state index contributed by atoms with van der Waals surface area (Å²) in [4.78, 5) is 0. The van der Waals surface area contributed by atoms with Gasteiger partial charge in [0, 0.05) is 19.6 Å². The van der Waals surface area contributed by atoms with Gasteiger partial charge in [-0.2, -0.15) is 0 Å². The second kappa shape index (κ2) is 7.80. The third kappa shape index (κ3) is 4.68. The zero-order chi connectivity index (χ0) is 16.4. The maximum atomic E-state index is 13.1. The molecule has 0 unspecified atom stereocenters. The van der Waals surface area contributed by atoms with E-state index in [1.54, 1.807) is 0 Å². The lowest BCUT2D eigenvalue weighted by atomic mass is 10.1. The molecule has 0 radical (unpaired) electrons. The van der Waals surface area contributed by atoms with Gasteiger partial charge in [0.1, 0.15) is 5.82 Å². The predicted octanol–water partition coefficient (Wildman–Crippen LogP) is 3.12. The lowest BCUT2D eigenvalue weighted by molar-refractivity contribution is 0.580. The fraction of sp³-hybridized carbons (Fsp3) is 0.250. The van der Waals surface area contributed by atoms with Gasteiger partial charge in [0.2, 0.25) is 10.0 Å². The summed E-state index contributed by atoms with van der Waals surface area (Å²) in [5.41, 5.74) is 3.81. The summed E-state index contributed by atoms with van der Waals surface area (Å²) in [6, 6.07) is 9.85. The molecule has 2 aromatic carbocycles. The van der Waals surface area contributed by atoms with Crippen LogP contribution in [0.25, 0.3) is 0 Å². The Kier molecular flexibility index (Phi) is 6.22. The molecular weight excluding hydrogens is 374 g/mol. The maximum Gasteiger partial charge on any atom is 0.216 e. The SMILES string of the molecule is Cl.O=S(=O)(Cc1ccc(F)c(Cl)c1)NCc1ccc2c(c1)CNC2. The fourth-order valence-corrected chi connectivity index (χ4v) is 3.86. The molecule has 0 aliphatic carbocycles. The first-order valence-corrected chi connectivity index (χ1v) is 9.19. The van der Waals surface area contributed by atoms with Gasteiger partial charge < -0.3 is 5.32 Å². The molecular formula is C16H17Cl2FN2O2S. The summed E-state index contributed by atoms with van der Waals surface area (Å²) in [6.45, 7) is 1.89. The first-order valence-electron chi connectivity index (χ1n) is 7.16. The van der Waals surface area contributed by atoms with E-state index < -0.39 is 15.8 Å². The molecule has 0 fully saturated rings. The van der Waals surface area contributed by atoms with Crippen LogP contribution in [0.15, 0.2) is 36.4 Å². The number of nitrogens with one attached hydrogen (secondary N) is 2. The highest BCUT2D eigenvalue weighted by Gasteiger charge is 2.14. The molecule has 0 saturated heterocycles. The van der Waals surface area contributed by atoms with E-state index >= 15 is 0 Å². The highest BCUT2D eigenvalue weighted by molar-refractivity contribution is 7.88. The molecule has 0 atom stereocenters. The normalized spacial score (nSPS) is 13.4. The largest absolute Gasteiger partial charge is 0.309 e. The smallest absolute Gasteiger partial charge is 0.216 e. The Balaban J connectivity index is 0.00000208. The Labute approximate surface area is 151 Å². The molecule has 130 valence electrons. The van der Waals surface area contributed by atoms with Gasteiger partial charge in [0.15, 0.2) is 0 Å². The van der Waals surface area contributed by atoms with E-state index in [1.165, 1.54) is 29.3 Å². The van der Waals surface area contributed by atoms with E-state index in [2.05, 4.69) is 10.0 Å². The zero-order valence-electron chi connectivity index (χ0n) is 12.7. The van der Waals surface area contributed by atoms with Crippen LogP contribution >= 0.6 is 24.0 Å². The van der Waals surface area contributed by atoms with Crippen molar-refractivity contribution >= 4 is 34.0 Å². The van der Waals surface area contributed by atoms with Crippen LogP contribution < -0.4 is 10.0 Å². The summed E-state index contributed by atoms with van der Waals surface area (Å²) in [5.74, 6) is -0.799. The van der Waals surface area contributed by atoms with Crippen molar-refractivity contribution in [3.63, 3.8) is 0 Å². The van der Waals surface area contributed by atoms with E-state index in [1.807, 2.05) is 18.2 Å². The van der Waals surface area contributed by atoms with Gasteiger partial charge in [-0.05, 0) is 34.4 Å². The third-order valence-corrected chi connectivity index (χ3v) is 5.33. The lowest BCUT2D eigenvalue weighted by Crippen LogP contribution is -2.24. The van der Waals surface area contributed by atoms with Crippen molar-refractivity contribution in [1.82, 2.24) is 10.0 Å². The second-order valence-electron chi connectivity index (χ2n) is 5.54. The van der Waals surface area contributed by atoms with Crippen LogP contribution in [-0.4, -0.2) is 8.42 Å². The summed E-state index contributed by atoms with van der Waals surface area (Å²) in [5, 5.41) is 3.17. The highest BCUT2D eigenvalue weighted by Crippen LogP contribution is 2.19. The number of hydrogen-bond acceptors (Lipinski definition) is 3. The quantitative estimate of drug-likeness (QED) is 0.824. The predicted molar refractivity (Wildman–Crippen MR) is 95.1 cm³/mol. The van der Waals surface area contributed by atoms with Crippen LogP contribution in [0, 0.1) is 5.82 Å². The molecule has 0 amide bonds. The molecule has 2 aromatic rings. The Morgan fingerprint density at radius 3 is 2.54 bits per heavy atom. The Morgan fingerprint density at radius 1 is 1.08 bits per heavy atom. The van der Waals surface area contributed by atoms with Crippen molar-refractivity contribution in [3.05, 3.63) is 69.5 Å². The average molecular weight is 391 g/mol. The lowest BCUT2D eigenvalue weighted by Gasteiger charge is -2.09. The molecule has 4 nitrogen and oxygen atoms in total. The third-order valence-electron chi connectivity index (χ3n) is 3.74. The van der Waals surface area contributed by atoms with Gasteiger partial charge in [-0.3, -0.25) is 0 Å². The minimum absolute atomic E-state index is 0. The molecule has 1 aliphatic heterocycles. The summed E-state index contributed by atoms with van der Waals surface area (Å²) >= 11 is 5.67. The van der Waals surface area contributed by atoms with E-state index in [4.69, 9.17) is 11.6 Å². The summed E-state index contributed by atoms with van der Waals surface area (Å²) < 4.78 is 40.0. The van der Waals surface area contributed by atoms with Crippen molar-refractivity contribution in [2.45, 2.75) is 25.4 Å². The van der Waals surface area contributed by atoms with Crippen LogP contribution in [-0.2, 0) is 35.4 Å². The zero-order valence-corrected chi connectivity index (χ0v) is 15.1. The van der Waals surface area contributed by atoms with Gasteiger partial charge in [-0.1, -0.05) is 35.9 Å². The number of sulfonamides is 1. The van der Waals surface area contributed by atoms with Gasteiger partial charge in [0.05, 0.1) is 10.8 Å². The van der Waals surface area contributed by atoms with Crippen molar-refractivity contribution in [2.75, 3.05) is 0 Å². The minimum atomic E-state index is -3.52. The molecule has 3 rings (SSSR count). The first kappa shape index (κ1) is 19.1. The molecule has 0 bridgehead atoms. The maximum absolute atomic E-state index is 13.1. The van der Waals surface area contributed by atoms with Crippen LogP contribution in [0.4, 0.5) is 4.39 Å². The van der Waals surface area contributed by atoms with Crippen LogP contribution in [0.5, 0.6) is 0 Å². The highest BCUT2D eigenvalue weighted by atomic mass is 35.5. The van der Waals surface area contributed by atoms with E-state index in [0.717, 1.165) is 18.7 Å². The van der Waals surface area contributed by atoms with Crippen molar-refractivity contribution in [1.29, 1.82) is 0 Å². The molecule has 1 aliphatic rings. The van der Waals surface area contributed by atoms with Gasteiger partial charge in [-0.25, -0.2) is 17.5 Å². The van der Waals surface area contributed by atoms with Crippen LogP contribution in [0.3, 0.4) is 0 Å². The number of halogens is 3. The molecule has 24 heavy (non-hydrogen) atoms. The van der Waals surface area contributed by atoms with Crippen molar-refractivity contribution in [2.24, 2.45) is 0 Å². The Hall–Kier alpha value is -1.18. The number of fused-ring (bicyclic) bond motifs is 1. The molecule has 0 saturated carbocycles. The van der Waals surface area contributed by atoms with E-state index in [9.17, 15) is 12.8 Å². The number of benzene rings is 2. The fourth-order valence-electron chi connectivity index (χ4n) is 2.55. The standard InChI is InChI=1S/C16H16ClFN2O2S.ClH/c17-15-6-12(2-4-16(15)18)10-23(21,22)20-7-11-1-3-13-8-19-9-14(13)5-11;/h1-6,19-20H,7-10H2;1H. The summed E-state index contributed by atoms with van der Waals surface area (Å²) in [7, 11) is -3.52. The number of hydrogen-bond donors (Lipinski definition) is 2. The van der Waals surface area contributed by atoms with Crippen LogP contribution in [0.1, 0.15) is 22.3 Å². The van der Waals surface area contributed by atoms with Crippen LogP contribution in [0.2, 0.25) is 5.02 Å². The van der Waals surface area contributed by atoms with Gasteiger partial charge in [-0.15, -0.1) is 12.4 Å². The summed E-state index contributed by atoms with van der Waals surface area (Å²) in [6.07, 6.45) is 0. The minimum Gasteiger partial charge on any atom is -0.309 e. The Morgan fingerprint density at radius 2 is 1.79 bits per heavy atom. The monoisotopic (exact) mass is 390 g/mol. The molecule has 8 heteroatoms. The van der Waals surface area contributed by atoms with Gasteiger partial charge >= 0.3 is 0 Å². The second-order valence-corrected chi connectivity index (χ2v) is 7.75. The first-order chi connectivity index (χ1) is 10.9. The van der Waals surface area contributed by atoms with Crippen molar-refractivity contribution in [3.8, 4) is 0 Å². The Bertz CT molecular complexity index is 844. The molecule has 2 N–H and O–H groups in total. The van der Waals surface area contributed by atoms with E-state index in [0.29, 0.717) is 5.56 Å². The van der Waals surface area contributed by atoms with E-state index in [-0.39, 0.29) is 29.7 Å². The molecule has 0 spiro atoms. The molecule has 0 aromatic heterocycles. The number of rotatable bonds is 5. The average Bonchev–Trinajstić information content (AvgIpc) is 2.96.